The van der Waals surface area contributed by atoms with Gasteiger partial charge in [0.25, 0.3) is 0 Å². The Morgan fingerprint density at radius 2 is 1.52 bits per heavy atom. The molecular formula is C24H30O7. The fourth-order valence-corrected chi connectivity index (χ4v) is 2.62. The Kier molecular flexibility index (Phi) is 8.45. The van der Waals surface area contributed by atoms with Crippen molar-refractivity contribution in [1.29, 1.82) is 0 Å². The lowest BCUT2D eigenvalue weighted by molar-refractivity contribution is -0.147. The van der Waals surface area contributed by atoms with Crippen molar-refractivity contribution in [3.05, 3.63) is 48.0 Å². The van der Waals surface area contributed by atoms with E-state index in [4.69, 9.17) is 23.7 Å². The van der Waals surface area contributed by atoms with Gasteiger partial charge in [-0.25, -0.2) is 4.79 Å². The molecule has 0 N–H and O–H groups in total. The van der Waals surface area contributed by atoms with Gasteiger partial charge < -0.3 is 23.7 Å². The average molecular weight is 430 g/mol. The molecule has 168 valence electrons. The van der Waals surface area contributed by atoms with Crippen LogP contribution in [0.15, 0.2) is 42.5 Å². The molecule has 2 aromatic carbocycles. The molecule has 31 heavy (non-hydrogen) atoms. The van der Waals surface area contributed by atoms with E-state index in [1.54, 1.807) is 63.2 Å². The number of benzene rings is 2. The van der Waals surface area contributed by atoms with Crippen molar-refractivity contribution in [1.82, 2.24) is 0 Å². The molecule has 7 nitrogen and oxygen atoms in total. The van der Waals surface area contributed by atoms with E-state index in [2.05, 4.69) is 0 Å². The van der Waals surface area contributed by atoms with Crippen LogP contribution in [-0.2, 0) is 20.7 Å². The fraction of sp³-hybridized carbons (Fsp3) is 0.417. The van der Waals surface area contributed by atoms with Crippen LogP contribution >= 0.6 is 0 Å². The third-order valence-corrected chi connectivity index (χ3v) is 4.38. The van der Waals surface area contributed by atoms with E-state index in [0.717, 1.165) is 5.56 Å². The molecule has 0 aliphatic carbocycles. The molecule has 1 atom stereocenters. The second kappa shape index (κ2) is 10.8. The van der Waals surface area contributed by atoms with Crippen LogP contribution in [0.2, 0.25) is 0 Å². The second-order valence-corrected chi connectivity index (χ2v) is 7.87. The third kappa shape index (κ3) is 7.00. The lowest BCUT2D eigenvalue weighted by Crippen LogP contribution is -2.31. The first-order valence-electron chi connectivity index (χ1n) is 10.0. The van der Waals surface area contributed by atoms with E-state index in [-0.39, 0.29) is 11.7 Å². The predicted octanol–water partition coefficient (Wildman–Crippen LogP) is 4.21. The van der Waals surface area contributed by atoms with Crippen molar-refractivity contribution in [2.75, 3.05) is 20.8 Å². The first-order valence-corrected chi connectivity index (χ1v) is 10.0. The highest BCUT2D eigenvalue weighted by atomic mass is 16.6. The van der Waals surface area contributed by atoms with Gasteiger partial charge in [0.1, 0.15) is 11.5 Å². The Balaban J connectivity index is 2.10. The molecular weight excluding hydrogens is 400 g/mol. The smallest absolute Gasteiger partial charge is 0.341 e. The molecule has 0 fully saturated rings. The number of methoxy groups -OCH3 is 2. The number of ether oxygens (including phenoxy) is 5. The van der Waals surface area contributed by atoms with Gasteiger partial charge in [-0.05, 0) is 57.5 Å². The minimum atomic E-state index is -0.816. The highest BCUT2D eigenvalue weighted by Gasteiger charge is 2.25. The minimum Gasteiger partial charge on any atom is -0.497 e. The van der Waals surface area contributed by atoms with E-state index < -0.39 is 17.5 Å². The Labute approximate surface area is 183 Å². The number of carbonyl (C=O) groups excluding carboxylic acids is 2. The molecule has 0 radical (unpaired) electrons. The molecule has 0 saturated heterocycles. The lowest BCUT2D eigenvalue weighted by atomic mass is 9.97. The quantitative estimate of drug-likeness (QED) is 0.435. The Bertz CT molecular complexity index is 882. The molecule has 0 aliphatic heterocycles. The lowest BCUT2D eigenvalue weighted by Gasteiger charge is -2.18. The highest BCUT2D eigenvalue weighted by Crippen LogP contribution is 2.31. The van der Waals surface area contributed by atoms with Crippen molar-refractivity contribution in [3.63, 3.8) is 0 Å². The van der Waals surface area contributed by atoms with Gasteiger partial charge in [-0.15, -0.1) is 0 Å². The SMILES string of the molecule is CCO[C@H](Cc1ccc(OC(=O)C(C)(C)C)cc1)C(=O)Oc1cc(OC)ccc1OC. The zero-order valence-electron chi connectivity index (χ0n) is 18.9. The van der Waals surface area contributed by atoms with Gasteiger partial charge in [-0.2, -0.15) is 0 Å². The second-order valence-electron chi connectivity index (χ2n) is 7.87. The normalized spacial score (nSPS) is 12.1. The maximum Gasteiger partial charge on any atom is 0.341 e. The van der Waals surface area contributed by atoms with Crippen molar-refractivity contribution < 1.29 is 33.3 Å². The average Bonchev–Trinajstić information content (AvgIpc) is 2.73. The van der Waals surface area contributed by atoms with Crippen molar-refractivity contribution in [3.8, 4) is 23.0 Å². The maximum absolute atomic E-state index is 12.8. The van der Waals surface area contributed by atoms with E-state index in [1.807, 2.05) is 6.92 Å². The van der Waals surface area contributed by atoms with E-state index in [0.29, 0.717) is 30.3 Å². The molecule has 0 bridgehead atoms. The van der Waals surface area contributed by atoms with E-state index in [9.17, 15) is 9.59 Å². The first-order chi connectivity index (χ1) is 14.7. The van der Waals surface area contributed by atoms with E-state index >= 15 is 0 Å². The van der Waals surface area contributed by atoms with Gasteiger partial charge >= 0.3 is 11.9 Å². The van der Waals surface area contributed by atoms with Crippen LogP contribution in [0, 0.1) is 5.41 Å². The van der Waals surface area contributed by atoms with E-state index in [1.165, 1.54) is 14.2 Å². The molecule has 7 heteroatoms. The highest BCUT2D eigenvalue weighted by molar-refractivity contribution is 5.79. The van der Waals surface area contributed by atoms with Gasteiger partial charge in [0.2, 0.25) is 0 Å². The van der Waals surface area contributed by atoms with Crippen LogP contribution in [0.25, 0.3) is 0 Å². The summed E-state index contributed by atoms with van der Waals surface area (Å²) in [4.78, 5) is 24.8. The molecule has 0 unspecified atom stereocenters. The summed E-state index contributed by atoms with van der Waals surface area (Å²) in [5, 5.41) is 0. The van der Waals surface area contributed by atoms with Gasteiger partial charge in [-0.1, -0.05) is 12.1 Å². The summed E-state index contributed by atoms with van der Waals surface area (Å²) in [5.41, 5.74) is 0.243. The number of hydrogen-bond acceptors (Lipinski definition) is 7. The minimum absolute atomic E-state index is 0.251. The van der Waals surface area contributed by atoms with Crippen LogP contribution in [0.3, 0.4) is 0 Å². The first kappa shape index (κ1) is 24.2. The number of carbonyl (C=O) groups is 2. The van der Waals surface area contributed by atoms with Crippen LogP contribution in [0.5, 0.6) is 23.0 Å². The topological polar surface area (TPSA) is 80.3 Å². The maximum atomic E-state index is 12.8. The summed E-state index contributed by atoms with van der Waals surface area (Å²) < 4.78 is 27.0. The van der Waals surface area contributed by atoms with Crippen LogP contribution in [0.4, 0.5) is 0 Å². The summed E-state index contributed by atoms with van der Waals surface area (Å²) in [6.45, 7) is 7.52. The number of esters is 2. The van der Waals surface area contributed by atoms with Crippen molar-refractivity contribution in [2.45, 2.75) is 40.2 Å². The molecule has 0 saturated carbocycles. The van der Waals surface area contributed by atoms with Crippen LogP contribution in [0.1, 0.15) is 33.3 Å². The number of hydrogen-bond donors (Lipinski definition) is 0. The molecule has 0 aromatic heterocycles. The predicted molar refractivity (Wildman–Crippen MR) is 116 cm³/mol. The van der Waals surface area contributed by atoms with Crippen molar-refractivity contribution >= 4 is 11.9 Å². The molecule has 2 rings (SSSR count). The van der Waals surface area contributed by atoms with Crippen LogP contribution in [-0.4, -0.2) is 38.9 Å². The molecule has 2 aromatic rings. The van der Waals surface area contributed by atoms with Gasteiger partial charge in [-0.3, -0.25) is 4.79 Å². The summed E-state index contributed by atoms with van der Waals surface area (Å²) >= 11 is 0. The standard InChI is InChI=1S/C24H30O7/c1-7-29-21(22(25)31-20-15-18(27-5)12-13-19(20)28-6)14-16-8-10-17(11-9-16)30-23(26)24(2,3)4/h8-13,15,21H,7,14H2,1-6H3/t21-/m1/s1. The molecule has 0 heterocycles. The summed E-state index contributed by atoms with van der Waals surface area (Å²) in [5.74, 6) is 0.785. The number of rotatable bonds is 9. The largest absolute Gasteiger partial charge is 0.497 e. The molecule has 0 aliphatic rings. The molecule has 0 spiro atoms. The summed E-state index contributed by atoms with van der Waals surface area (Å²) in [6.07, 6.45) is -0.518. The third-order valence-electron chi connectivity index (χ3n) is 4.38. The Morgan fingerprint density at radius 3 is 2.06 bits per heavy atom. The molecule has 0 amide bonds. The summed E-state index contributed by atoms with van der Waals surface area (Å²) in [7, 11) is 3.02. The van der Waals surface area contributed by atoms with Gasteiger partial charge in [0.15, 0.2) is 17.6 Å². The Hall–Kier alpha value is -3.06. The zero-order valence-corrected chi connectivity index (χ0v) is 18.9. The van der Waals surface area contributed by atoms with Gasteiger partial charge in [0.05, 0.1) is 19.6 Å². The van der Waals surface area contributed by atoms with Crippen molar-refractivity contribution in [2.24, 2.45) is 5.41 Å². The monoisotopic (exact) mass is 430 g/mol. The summed E-state index contributed by atoms with van der Waals surface area (Å²) in [6, 6.07) is 11.9. The Morgan fingerprint density at radius 1 is 0.871 bits per heavy atom. The van der Waals surface area contributed by atoms with Crippen LogP contribution < -0.4 is 18.9 Å². The van der Waals surface area contributed by atoms with Gasteiger partial charge in [0, 0.05) is 19.1 Å². The fourth-order valence-electron chi connectivity index (χ4n) is 2.62. The zero-order chi connectivity index (χ0) is 23.0.